The molecule has 1 heterocycles. The molecule has 0 spiro atoms. The first-order chi connectivity index (χ1) is 25.3. The lowest BCUT2D eigenvalue weighted by Gasteiger charge is -2.72. The van der Waals surface area contributed by atoms with Crippen molar-refractivity contribution in [2.45, 2.75) is 113 Å². The first-order valence-electron chi connectivity index (χ1n) is 21.2. The Kier molecular flexibility index (Phi) is 10.2. The van der Waals surface area contributed by atoms with Gasteiger partial charge in [-0.2, -0.15) is 0 Å². The van der Waals surface area contributed by atoms with Gasteiger partial charge < -0.3 is 14.9 Å². The van der Waals surface area contributed by atoms with Gasteiger partial charge in [0.05, 0.1) is 17.1 Å². The van der Waals surface area contributed by atoms with Gasteiger partial charge in [0.25, 0.3) is 0 Å². The fraction of sp³-hybridized carbons (Fsp3) is 0.739. The number of carboxylic acid groups (broad SMARTS) is 1. The van der Waals surface area contributed by atoms with Gasteiger partial charge in [0.1, 0.15) is 0 Å². The monoisotopic (exact) mass is 760 g/mol. The van der Waals surface area contributed by atoms with Crippen LogP contribution in [0.3, 0.4) is 0 Å². The van der Waals surface area contributed by atoms with E-state index in [2.05, 4.69) is 64.0 Å². The molecule has 8 heteroatoms. The summed E-state index contributed by atoms with van der Waals surface area (Å²) < 4.78 is 24.0. The first kappa shape index (κ1) is 39.8. The third-order valence-electron chi connectivity index (χ3n) is 17.6. The molecule has 5 fully saturated rings. The second-order valence-electron chi connectivity index (χ2n) is 20.3. The maximum atomic E-state index is 13.3. The molecule has 4 saturated carbocycles. The SMILES string of the molecule is C=C(C)C1CCC2(CN(CCCN3CCS(=O)(=O)CC3)C(C)=O)CCC3(C)C(CCC4C5(C)CC=C(c6ccc(C(=O)O)cc6)C(C)(C)C5CCC43C)C12. The normalized spacial score (nSPS) is 39.6. The summed E-state index contributed by atoms with van der Waals surface area (Å²) in [5, 5.41) is 9.51. The average molecular weight is 761 g/mol. The summed E-state index contributed by atoms with van der Waals surface area (Å²) in [6.45, 7) is 25.1. The summed E-state index contributed by atoms with van der Waals surface area (Å²) in [5.41, 5.74) is 4.93. The molecule has 1 aromatic rings. The molecule has 54 heavy (non-hydrogen) atoms. The summed E-state index contributed by atoms with van der Waals surface area (Å²) in [6, 6.07) is 7.55. The van der Waals surface area contributed by atoms with Crippen LogP contribution in [0.5, 0.6) is 0 Å². The summed E-state index contributed by atoms with van der Waals surface area (Å²) in [5.74, 6) is 2.61. The fourth-order valence-electron chi connectivity index (χ4n) is 14.6. The molecule has 1 aliphatic heterocycles. The molecule has 298 valence electrons. The zero-order valence-corrected chi connectivity index (χ0v) is 35.2. The van der Waals surface area contributed by atoms with E-state index < -0.39 is 15.8 Å². The average Bonchev–Trinajstić information content (AvgIpc) is 3.48. The van der Waals surface area contributed by atoms with Crippen molar-refractivity contribution >= 4 is 27.3 Å². The molecule has 9 unspecified atom stereocenters. The van der Waals surface area contributed by atoms with Crippen LogP contribution in [0.4, 0.5) is 0 Å². The predicted octanol–water partition coefficient (Wildman–Crippen LogP) is 9.00. The van der Waals surface area contributed by atoms with Crippen molar-refractivity contribution in [2.75, 3.05) is 44.2 Å². The van der Waals surface area contributed by atoms with Crippen LogP contribution in [0.25, 0.3) is 5.57 Å². The highest BCUT2D eigenvalue weighted by Gasteiger charge is 2.70. The zero-order valence-electron chi connectivity index (χ0n) is 34.4. The Bertz CT molecular complexity index is 1790. The number of rotatable bonds is 9. The van der Waals surface area contributed by atoms with Gasteiger partial charge in [-0.3, -0.25) is 4.79 Å². The molecule has 6 aliphatic rings. The molecule has 1 amide bonds. The lowest BCUT2D eigenvalue weighted by Crippen LogP contribution is -2.66. The van der Waals surface area contributed by atoms with E-state index in [-0.39, 0.29) is 44.5 Å². The minimum Gasteiger partial charge on any atom is -0.478 e. The highest BCUT2D eigenvalue weighted by molar-refractivity contribution is 7.91. The van der Waals surface area contributed by atoms with Gasteiger partial charge in [-0.15, -0.1) is 0 Å². The van der Waals surface area contributed by atoms with Crippen LogP contribution in [-0.4, -0.2) is 79.4 Å². The Labute approximate surface area is 326 Å². The van der Waals surface area contributed by atoms with Gasteiger partial charge in [-0.1, -0.05) is 65.0 Å². The Hall–Kier alpha value is -2.45. The number of carbonyl (C=O) groups is 2. The number of aromatic carboxylic acids is 1. The van der Waals surface area contributed by atoms with Gasteiger partial charge in [0, 0.05) is 33.1 Å². The Morgan fingerprint density at radius 3 is 2.20 bits per heavy atom. The van der Waals surface area contributed by atoms with E-state index in [0.717, 1.165) is 38.0 Å². The third-order valence-corrected chi connectivity index (χ3v) is 19.2. The molecule has 7 nitrogen and oxygen atoms in total. The van der Waals surface area contributed by atoms with Crippen molar-refractivity contribution in [3.63, 3.8) is 0 Å². The largest absolute Gasteiger partial charge is 0.478 e. The van der Waals surface area contributed by atoms with E-state index in [0.29, 0.717) is 48.2 Å². The molecule has 1 saturated heterocycles. The van der Waals surface area contributed by atoms with Crippen LogP contribution in [-0.2, 0) is 14.6 Å². The van der Waals surface area contributed by atoms with Crippen molar-refractivity contribution in [1.82, 2.24) is 9.80 Å². The van der Waals surface area contributed by atoms with Gasteiger partial charge >= 0.3 is 5.97 Å². The smallest absolute Gasteiger partial charge is 0.335 e. The summed E-state index contributed by atoms with van der Waals surface area (Å²) in [6.07, 6.45) is 14.2. The third kappa shape index (κ3) is 6.36. The topological polar surface area (TPSA) is 95.0 Å². The number of amides is 1. The molecule has 0 radical (unpaired) electrons. The molecule has 0 aromatic heterocycles. The quantitative estimate of drug-likeness (QED) is 0.253. The number of hydrogen-bond donors (Lipinski definition) is 1. The molecule has 5 aliphatic carbocycles. The van der Waals surface area contributed by atoms with E-state index in [1.165, 1.54) is 62.5 Å². The molecular weight excluding hydrogens is 693 g/mol. The van der Waals surface area contributed by atoms with Crippen LogP contribution in [0.1, 0.15) is 129 Å². The standard InChI is InChI=1S/C46H68N2O5S/c1-31(2)35-16-21-46(30-48(32(3)49)25-9-24-47-26-28-54(52,53)29-27-47)23-22-44(7)37(40(35)46)14-15-39-43(6)19-17-36(33-10-12-34(13-11-33)41(50)51)42(4,5)38(43)18-20-45(39,44)8/h10-13,17,35,37-40H,1,9,14-16,18-30H2,2-8H3,(H,50,51). The number of nitrogens with zero attached hydrogens (tertiary/aromatic N) is 2. The number of benzene rings is 1. The molecular formula is C46H68N2O5S. The van der Waals surface area contributed by atoms with Crippen molar-refractivity contribution < 1.29 is 23.1 Å². The van der Waals surface area contributed by atoms with E-state index >= 15 is 0 Å². The Morgan fingerprint density at radius 2 is 1.57 bits per heavy atom. The second-order valence-corrected chi connectivity index (χ2v) is 22.6. The minimum absolute atomic E-state index is 0.0170. The second kappa shape index (κ2) is 13.9. The number of hydrogen-bond acceptors (Lipinski definition) is 5. The number of sulfone groups is 1. The van der Waals surface area contributed by atoms with Crippen molar-refractivity contribution in [3.8, 4) is 0 Å². The number of allylic oxidation sites excluding steroid dienone is 3. The van der Waals surface area contributed by atoms with Gasteiger partial charge in [-0.05, 0) is 158 Å². The van der Waals surface area contributed by atoms with Crippen molar-refractivity contribution in [1.29, 1.82) is 0 Å². The van der Waals surface area contributed by atoms with Crippen molar-refractivity contribution in [3.05, 3.63) is 53.6 Å². The van der Waals surface area contributed by atoms with Crippen LogP contribution < -0.4 is 0 Å². The van der Waals surface area contributed by atoms with Crippen molar-refractivity contribution in [2.24, 2.45) is 56.7 Å². The van der Waals surface area contributed by atoms with Crippen LogP contribution >= 0.6 is 0 Å². The van der Waals surface area contributed by atoms with Gasteiger partial charge in [0.2, 0.25) is 5.91 Å². The minimum atomic E-state index is -2.90. The number of carboxylic acids is 1. The molecule has 7 rings (SSSR count). The van der Waals surface area contributed by atoms with Crippen LogP contribution in [0.15, 0.2) is 42.5 Å². The maximum Gasteiger partial charge on any atom is 0.335 e. The van der Waals surface area contributed by atoms with E-state index in [1.54, 1.807) is 19.1 Å². The number of carbonyl (C=O) groups excluding carboxylic acids is 1. The first-order valence-corrected chi connectivity index (χ1v) is 23.0. The lowest BCUT2D eigenvalue weighted by molar-refractivity contribution is -0.226. The molecule has 1 aromatic carbocycles. The van der Waals surface area contributed by atoms with E-state index in [9.17, 15) is 23.1 Å². The van der Waals surface area contributed by atoms with E-state index in [4.69, 9.17) is 0 Å². The van der Waals surface area contributed by atoms with E-state index in [1.807, 2.05) is 12.1 Å². The molecule has 1 N–H and O–H groups in total. The molecule has 9 atom stereocenters. The summed E-state index contributed by atoms with van der Waals surface area (Å²) in [7, 11) is -2.90. The zero-order chi connectivity index (χ0) is 39.1. The lowest BCUT2D eigenvalue weighted by atomic mass is 9.32. The van der Waals surface area contributed by atoms with Gasteiger partial charge in [-0.25, -0.2) is 13.2 Å². The van der Waals surface area contributed by atoms with Crippen LogP contribution in [0, 0.1) is 56.7 Å². The predicted molar refractivity (Wildman–Crippen MR) is 218 cm³/mol. The highest BCUT2D eigenvalue weighted by atomic mass is 32.2. The highest BCUT2D eigenvalue weighted by Crippen LogP contribution is 2.77. The Balaban J connectivity index is 1.13. The maximum absolute atomic E-state index is 13.3. The Morgan fingerprint density at radius 1 is 0.889 bits per heavy atom. The van der Waals surface area contributed by atoms with Crippen LogP contribution in [0.2, 0.25) is 0 Å². The summed E-state index contributed by atoms with van der Waals surface area (Å²) >= 11 is 0. The summed E-state index contributed by atoms with van der Waals surface area (Å²) in [4.78, 5) is 29.4. The number of fused-ring (bicyclic) bond motifs is 7. The fourth-order valence-corrected chi connectivity index (χ4v) is 15.9. The van der Waals surface area contributed by atoms with Gasteiger partial charge in [0.15, 0.2) is 9.84 Å². The molecule has 0 bridgehead atoms.